The molecule has 0 saturated carbocycles. The first-order valence-electron chi connectivity index (χ1n) is 6.33. The standard InChI is InChI=1S/C13H13BrFN5O2S/c1-20(2)10(21)6-23-13-11(18-22-19-13)12(16)17-7-3-4-9(15)8(14)5-7/h3-5H,6H2,1-2H3,(H2,16,17). The second-order valence-corrected chi connectivity index (χ2v) is 6.41. The fourth-order valence-corrected chi connectivity index (χ4v) is 2.69. The second kappa shape index (κ2) is 7.55. The van der Waals surface area contributed by atoms with Crippen molar-refractivity contribution in [1.29, 1.82) is 0 Å². The molecule has 0 aliphatic heterocycles. The number of hydrogen-bond donors (Lipinski definition) is 1. The number of rotatable bonds is 5. The van der Waals surface area contributed by atoms with Crippen LogP contribution in [0.3, 0.4) is 0 Å². The number of benzene rings is 1. The number of aliphatic imine (C=N–C) groups is 1. The van der Waals surface area contributed by atoms with E-state index in [-0.39, 0.29) is 27.7 Å². The lowest BCUT2D eigenvalue weighted by molar-refractivity contribution is -0.125. The predicted octanol–water partition coefficient (Wildman–Crippen LogP) is 2.19. The average Bonchev–Trinajstić information content (AvgIpc) is 2.97. The Bertz CT molecular complexity index is 750. The molecule has 0 radical (unpaired) electrons. The fourth-order valence-electron chi connectivity index (χ4n) is 1.44. The molecule has 0 spiro atoms. The van der Waals surface area contributed by atoms with E-state index in [2.05, 4.69) is 35.9 Å². The van der Waals surface area contributed by atoms with Crippen molar-refractivity contribution in [3.05, 3.63) is 34.2 Å². The van der Waals surface area contributed by atoms with Gasteiger partial charge in [0.05, 0.1) is 15.9 Å². The Morgan fingerprint density at radius 3 is 2.87 bits per heavy atom. The normalized spacial score (nSPS) is 11.6. The Morgan fingerprint density at radius 1 is 1.48 bits per heavy atom. The minimum Gasteiger partial charge on any atom is -0.382 e. The number of amidine groups is 1. The van der Waals surface area contributed by atoms with Crippen molar-refractivity contribution in [2.24, 2.45) is 10.7 Å². The Balaban J connectivity index is 2.18. The molecule has 0 unspecified atom stereocenters. The van der Waals surface area contributed by atoms with Crippen LogP contribution < -0.4 is 5.73 Å². The van der Waals surface area contributed by atoms with Crippen LogP contribution in [0.4, 0.5) is 10.1 Å². The summed E-state index contributed by atoms with van der Waals surface area (Å²) in [5, 5.41) is 7.78. The molecule has 1 heterocycles. The van der Waals surface area contributed by atoms with E-state index in [0.717, 1.165) is 11.8 Å². The summed E-state index contributed by atoms with van der Waals surface area (Å²) in [6.07, 6.45) is 0. The first-order chi connectivity index (χ1) is 10.9. The van der Waals surface area contributed by atoms with E-state index < -0.39 is 5.82 Å². The molecular formula is C13H13BrFN5O2S. The number of amides is 1. The summed E-state index contributed by atoms with van der Waals surface area (Å²) in [5.41, 5.74) is 6.58. The van der Waals surface area contributed by atoms with Crippen LogP contribution in [0, 0.1) is 5.82 Å². The Kier molecular flexibility index (Phi) is 5.72. The predicted molar refractivity (Wildman–Crippen MR) is 88.2 cm³/mol. The highest BCUT2D eigenvalue weighted by atomic mass is 79.9. The Labute approximate surface area is 144 Å². The van der Waals surface area contributed by atoms with Gasteiger partial charge in [-0.15, -0.1) is 0 Å². The topological polar surface area (TPSA) is 97.6 Å². The highest BCUT2D eigenvalue weighted by Crippen LogP contribution is 2.24. The number of aromatic nitrogens is 2. The van der Waals surface area contributed by atoms with Gasteiger partial charge in [-0.3, -0.25) is 4.79 Å². The van der Waals surface area contributed by atoms with Crippen molar-refractivity contribution in [1.82, 2.24) is 15.2 Å². The van der Waals surface area contributed by atoms with Crippen LogP contribution in [0.5, 0.6) is 0 Å². The van der Waals surface area contributed by atoms with Crippen LogP contribution in [0.15, 0.2) is 37.3 Å². The summed E-state index contributed by atoms with van der Waals surface area (Å²) < 4.78 is 18.2. The lowest BCUT2D eigenvalue weighted by Crippen LogP contribution is -2.23. The maximum atomic E-state index is 13.2. The maximum Gasteiger partial charge on any atom is 0.232 e. The van der Waals surface area contributed by atoms with Crippen molar-refractivity contribution < 1.29 is 13.8 Å². The summed E-state index contributed by atoms with van der Waals surface area (Å²) in [4.78, 5) is 17.2. The van der Waals surface area contributed by atoms with E-state index in [1.54, 1.807) is 14.1 Å². The third-order valence-corrected chi connectivity index (χ3v) is 4.23. The molecule has 7 nitrogen and oxygen atoms in total. The molecule has 1 amide bonds. The third-order valence-electron chi connectivity index (χ3n) is 2.68. The molecule has 0 aliphatic rings. The highest BCUT2D eigenvalue weighted by molar-refractivity contribution is 9.10. The zero-order valence-corrected chi connectivity index (χ0v) is 14.7. The smallest absolute Gasteiger partial charge is 0.232 e. The van der Waals surface area contributed by atoms with Crippen LogP contribution in [0.25, 0.3) is 0 Å². The zero-order chi connectivity index (χ0) is 17.0. The summed E-state index contributed by atoms with van der Waals surface area (Å²) in [6, 6.07) is 4.23. The Hall–Kier alpha value is -1.94. The molecule has 2 N–H and O–H groups in total. The average molecular weight is 402 g/mol. The number of hydrogen-bond acceptors (Lipinski definition) is 6. The van der Waals surface area contributed by atoms with Gasteiger partial charge in [0, 0.05) is 14.1 Å². The molecule has 122 valence electrons. The maximum absolute atomic E-state index is 13.2. The number of carbonyl (C=O) groups is 1. The van der Waals surface area contributed by atoms with Crippen molar-refractivity contribution in [2.75, 3.05) is 19.8 Å². The van der Waals surface area contributed by atoms with Crippen molar-refractivity contribution in [2.45, 2.75) is 5.03 Å². The van der Waals surface area contributed by atoms with E-state index in [0.29, 0.717) is 10.7 Å². The van der Waals surface area contributed by atoms with E-state index in [1.165, 1.54) is 23.1 Å². The molecule has 0 bridgehead atoms. The quantitative estimate of drug-likeness (QED) is 0.468. The minimum atomic E-state index is -0.399. The van der Waals surface area contributed by atoms with Gasteiger partial charge in [-0.2, -0.15) is 0 Å². The largest absolute Gasteiger partial charge is 0.382 e. The molecule has 2 rings (SSSR count). The molecule has 0 atom stereocenters. The first kappa shape index (κ1) is 17.4. The van der Waals surface area contributed by atoms with Crippen LogP contribution in [-0.2, 0) is 4.79 Å². The van der Waals surface area contributed by atoms with Gasteiger partial charge in [-0.1, -0.05) is 11.8 Å². The number of thioether (sulfide) groups is 1. The van der Waals surface area contributed by atoms with Crippen molar-refractivity contribution >= 4 is 45.1 Å². The molecular weight excluding hydrogens is 389 g/mol. The Morgan fingerprint density at radius 2 is 2.22 bits per heavy atom. The number of nitrogens with two attached hydrogens (primary N) is 1. The number of carbonyl (C=O) groups excluding carboxylic acids is 1. The molecule has 10 heteroatoms. The molecule has 1 aromatic carbocycles. The van der Waals surface area contributed by atoms with Gasteiger partial charge in [-0.05, 0) is 44.4 Å². The van der Waals surface area contributed by atoms with Crippen LogP contribution in [-0.4, -0.2) is 46.8 Å². The van der Waals surface area contributed by atoms with Gasteiger partial charge in [0.1, 0.15) is 5.82 Å². The number of nitrogens with zero attached hydrogens (tertiary/aromatic N) is 4. The lowest BCUT2D eigenvalue weighted by Gasteiger charge is -2.08. The molecule has 23 heavy (non-hydrogen) atoms. The minimum absolute atomic E-state index is 0.0598. The van der Waals surface area contributed by atoms with Gasteiger partial charge >= 0.3 is 0 Å². The van der Waals surface area contributed by atoms with E-state index >= 15 is 0 Å². The monoisotopic (exact) mass is 401 g/mol. The van der Waals surface area contributed by atoms with Crippen LogP contribution >= 0.6 is 27.7 Å². The molecule has 1 aromatic heterocycles. The van der Waals surface area contributed by atoms with Crippen molar-refractivity contribution in [3.63, 3.8) is 0 Å². The van der Waals surface area contributed by atoms with Crippen LogP contribution in [0.2, 0.25) is 0 Å². The van der Waals surface area contributed by atoms with Gasteiger partial charge in [0.15, 0.2) is 16.6 Å². The highest BCUT2D eigenvalue weighted by Gasteiger charge is 2.17. The molecule has 0 aliphatic carbocycles. The molecule has 0 fully saturated rings. The van der Waals surface area contributed by atoms with E-state index in [1.807, 2.05) is 0 Å². The second-order valence-electron chi connectivity index (χ2n) is 4.59. The van der Waals surface area contributed by atoms with Crippen molar-refractivity contribution in [3.8, 4) is 0 Å². The van der Waals surface area contributed by atoms with Gasteiger partial charge < -0.3 is 10.6 Å². The van der Waals surface area contributed by atoms with E-state index in [4.69, 9.17) is 5.73 Å². The summed E-state index contributed by atoms with van der Waals surface area (Å²) in [5.74, 6) is -0.251. The molecule has 2 aromatic rings. The zero-order valence-electron chi connectivity index (χ0n) is 12.3. The number of halogens is 2. The van der Waals surface area contributed by atoms with E-state index in [9.17, 15) is 9.18 Å². The summed E-state index contributed by atoms with van der Waals surface area (Å²) in [6.45, 7) is 0. The SMILES string of the molecule is CN(C)C(=O)CSc1nonc1C(N)=Nc1ccc(F)c(Br)c1. The summed E-state index contributed by atoms with van der Waals surface area (Å²) in [7, 11) is 3.32. The lowest BCUT2D eigenvalue weighted by atomic mass is 10.3. The van der Waals surface area contributed by atoms with Gasteiger partial charge in [-0.25, -0.2) is 14.0 Å². The molecule has 0 saturated heterocycles. The fraction of sp³-hybridized carbons (Fsp3) is 0.231. The van der Waals surface area contributed by atoms with Gasteiger partial charge in [0.25, 0.3) is 0 Å². The first-order valence-corrected chi connectivity index (χ1v) is 8.11. The van der Waals surface area contributed by atoms with Gasteiger partial charge in [0.2, 0.25) is 5.91 Å². The summed E-state index contributed by atoms with van der Waals surface area (Å²) >= 11 is 4.22. The third kappa shape index (κ3) is 4.52. The van der Waals surface area contributed by atoms with Crippen LogP contribution in [0.1, 0.15) is 5.69 Å².